The largest absolute Gasteiger partial charge is 0.508 e. The van der Waals surface area contributed by atoms with Gasteiger partial charge in [-0.05, 0) is 19.9 Å². The molecule has 3 saturated heterocycles. The number of phenolic OH excluding ortho intramolecular Hbond substituents is 1. The first-order chi connectivity index (χ1) is 11.6. The molecule has 0 radical (unpaired) electrons. The number of benzene rings is 1. The van der Waals surface area contributed by atoms with Gasteiger partial charge in [0.25, 0.3) is 0 Å². The van der Waals surface area contributed by atoms with Gasteiger partial charge in [0, 0.05) is 56.9 Å². The van der Waals surface area contributed by atoms with E-state index in [-0.39, 0.29) is 5.54 Å². The van der Waals surface area contributed by atoms with E-state index >= 15 is 0 Å². The van der Waals surface area contributed by atoms with Gasteiger partial charge in [-0.3, -0.25) is 14.7 Å². The standard InChI is InChI=1S/C19H29N3O2/c1-15(2)21-10-17-11-24-8-7-22(17)19(14-21)12-20(13-19)9-16-5-3-4-6-18(16)23/h3-6,15,17,23H,7-14H2,1-2H3/t17-/m1/s1. The fourth-order valence-corrected chi connectivity index (χ4v) is 4.69. The number of para-hydroxylation sites is 1. The third-order valence-corrected chi connectivity index (χ3v) is 5.93. The van der Waals surface area contributed by atoms with Crippen molar-refractivity contribution in [3.05, 3.63) is 29.8 Å². The van der Waals surface area contributed by atoms with Gasteiger partial charge in [-0.15, -0.1) is 0 Å². The van der Waals surface area contributed by atoms with Gasteiger partial charge in [0.2, 0.25) is 0 Å². The van der Waals surface area contributed by atoms with Crippen molar-refractivity contribution in [3.8, 4) is 5.75 Å². The lowest BCUT2D eigenvalue weighted by molar-refractivity contribution is -0.171. The average molecular weight is 331 g/mol. The number of fused-ring (bicyclic) bond motifs is 2. The van der Waals surface area contributed by atoms with Crippen LogP contribution in [0, 0.1) is 0 Å². The molecule has 1 aromatic rings. The molecule has 3 aliphatic heterocycles. The number of hydrogen-bond donors (Lipinski definition) is 1. The third-order valence-electron chi connectivity index (χ3n) is 5.93. The first-order valence-corrected chi connectivity index (χ1v) is 9.15. The van der Waals surface area contributed by atoms with Gasteiger partial charge in [-0.2, -0.15) is 0 Å². The molecule has 3 fully saturated rings. The molecular formula is C19H29N3O2. The van der Waals surface area contributed by atoms with Crippen molar-refractivity contribution in [1.82, 2.24) is 14.7 Å². The average Bonchev–Trinajstić information content (AvgIpc) is 2.55. The Morgan fingerprint density at radius 1 is 1.25 bits per heavy atom. The van der Waals surface area contributed by atoms with Crippen molar-refractivity contribution in [1.29, 1.82) is 0 Å². The molecule has 0 bridgehead atoms. The molecule has 1 atom stereocenters. The summed E-state index contributed by atoms with van der Waals surface area (Å²) < 4.78 is 5.75. The van der Waals surface area contributed by atoms with Crippen LogP contribution in [0.3, 0.4) is 0 Å². The van der Waals surface area contributed by atoms with Gasteiger partial charge in [0.1, 0.15) is 5.75 Å². The molecule has 5 heteroatoms. The minimum Gasteiger partial charge on any atom is -0.508 e. The Morgan fingerprint density at radius 3 is 2.79 bits per heavy atom. The SMILES string of the molecule is CC(C)N1C[C@@H]2COCCN2C2(CN(Cc3ccccc3O)C2)C1. The Morgan fingerprint density at radius 2 is 2.04 bits per heavy atom. The molecule has 0 unspecified atom stereocenters. The quantitative estimate of drug-likeness (QED) is 0.906. The number of phenols is 1. The second-order valence-corrected chi connectivity index (χ2v) is 7.94. The van der Waals surface area contributed by atoms with Crippen molar-refractivity contribution < 1.29 is 9.84 Å². The summed E-state index contributed by atoms with van der Waals surface area (Å²) in [6.45, 7) is 12.7. The van der Waals surface area contributed by atoms with E-state index in [1.165, 1.54) is 0 Å². The smallest absolute Gasteiger partial charge is 0.120 e. The van der Waals surface area contributed by atoms with Crippen LogP contribution in [0.25, 0.3) is 0 Å². The lowest BCUT2D eigenvalue weighted by Crippen LogP contribution is -2.80. The minimum atomic E-state index is 0.265. The maximum absolute atomic E-state index is 10.0. The molecule has 1 spiro atoms. The van der Waals surface area contributed by atoms with E-state index in [4.69, 9.17) is 4.74 Å². The molecule has 4 rings (SSSR count). The molecule has 3 aliphatic rings. The molecule has 1 N–H and O–H groups in total. The summed E-state index contributed by atoms with van der Waals surface area (Å²) in [4.78, 5) is 7.80. The lowest BCUT2D eigenvalue weighted by atomic mass is 9.82. The van der Waals surface area contributed by atoms with E-state index in [2.05, 4.69) is 28.5 Å². The van der Waals surface area contributed by atoms with Crippen LogP contribution in [0.15, 0.2) is 24.3 Å². The van der Waals surface area contributed by atoms with Crippen LogP contribution < -0.4 is 0 Å². The van der Waals surface area contributed by atoms with Crippen molar-refractivity contribution in [2.75, 3.05) is 45.9 Å². The molecule has 132 valence electrons. The number of hydrogen-bond acceptors (Lipinski definition) is 5. The summed E-state index contributed by atoms with van der Waals surface area (Å²) >= 11 is 0. The maximum Gasteiger partial charge on any atom is 0.120 e. The number of nitrogens with zero attached hydrogens (tertiary/aromatic N) is 3. The zero-order valence-electron chi connectivity index (χ0n) is 14.8. The fourth-order valence-electron chi connectivity index (χ4n) is 4.69. The summed E-state index contributed by atoms with van der Waals surface area (Å²) in [6, 6.07) is 8.81. The fraction of sp³-hybridized carbons (Fsp3) is 0.684. The number of piperazine rings is 1. The van der Waals surface area contributed by atoms with Gasteiger partial charge in [-0.25, -0.2) is 0 Å². The van der Waals surface area contributed by atoms with Crippen molar-refractivity contribution in [3.63, 3.8) is 0 Å². The Labute approximate surface area is 144 Å². The van der Waals surface area contributed by atoms with Crippen LogP contribution in [0.4, 0.5) is 0 Å². The zero-order valence-corrected chi connectivity index (χ0v) is 14.8. The molecule has 3 heterocycles. The van der Waals surface area contributed by atoms with Gasteiger partial charge in [-0.1, -0.05) is 18.2 Å². The minimum absolute atomic E-state index is 0.265. The Balaban J connectivity index is 1.47. The molecular weight excluding hydrogens is 302 g/mol. The molecule has 0 saturated carbocycles. The van der Waals surface area contributed by atoms with E-state index in [9.17, 15) is 5.11 Å². The summed E-state index contributed by atoms with van der Waals surface area (Å²) in [5.74, 6) is 0.412. The van der Waals surface area contributed by atoms with E-state index in [1.807, 2.05) is 18.2 Å². The lowest BCUT2D eigenvalue weighted by Gasteiger charge is -2.64. The van der Waals surface area contributed by atoms with Crippen LogP contribution in [-0.2, 0) is 11.3 Å². The molecule has 0 aliphatic carbocycles. The predicted octanol–water partition coefficient (Wildman–Crippen LogP) is 1.37. The van der Waals surface area contributed by atoms with Crippen molar-refractivity contribution in [2.24, 2.45) is 0 Å². The zero-order chi connectivity index (χ0) is 16.7. The number of aromatic hydroxyl groups is 1. The van der Waals surface area contributed by atoms with Crippen molar-refractivity contribution in [2.45, 2.75) is 38.0 Å². The second-order valence-electron chi connectivity index (χ2n) is 7.94. The first-order valence-electron chi connectivity index (χ1n) is 9.15. The van der Waals surface area contributed by atoms with Gasteiger partial charge in [0.05, 0.1) is 18.8 Å². The molecule has 24 heavy (non-hydrogen) atoms. The normalized spacial score (nSPS) is 28.0. The van der Waals surface area contributed by atoms with E-state index in [1.54, 1.807) is 6.07 Å². The van der Waals surface area contributed by atoms with Crippen LogP contribution in [-0.4, -0.2) is 83.4 Å². The van der Waals surface area contributed by atoms with Crippen LogP contribution in [0.1, 0.15) is 19.4 Å². The Kier molecular flexibility index (Phi) is 4.29. The summed E-state index contributed by atoms with van der Waals surface area (Å²) in [6.07, 6.45) is 0. The van der Waals surface area contributed by atoms with E-state index in [0.717, 1.165) is 58.0 Å². The highest BCUT2D eigenvalue weighted by Crippen LogP contribution is 2.37. The van der Waals surface area contributed by atoms with Gasteiger partial charge >= 0.3 is 0 Å². The molecule has 0 aromatic heterocycles. The van der Waals surface area contributed by atoms with E-state index in [0.29, 0.717) is 17.8 Å². The monoisotopic (exact) mass is 331 g/mol. The highest BCUT2D eigenvalue weighted by molar-refractivity contribution is 5.32. The van der Waals surface area contributed by atoms with Crippen molar-refractivity contribution >= 4 is 0 Å². The topological polar surface area (TPSA) is 39.2 Å². The summed E-state index contributed by atoms with van der Waals surface area (Å²) in [5, 5.41) is 10.0. The third kappa shape index (κ3) is 2.84. The molecule has 0 amide bonds. The number of likely N-dealkylation sites (tertiary alicyclic amines) is 1. The van der Waals surface area contributed by atoms with E-state index < -0.39 is 0 Å². The number of rotatable bonds is 3. The Hall–Kier alpha value is -1.14. The summed E-state index contributed by atoms with van der Waals surface area (Å²) in [5.41, 5.74) is 1.30. The van der Waals surface area contributed by atoms with Crippen LogP contribution in [0.5, 0.6) is 5.75 Å². The highest BCUT2D eigenvalue weighted by atomic mass is 16.5. The first kappa shape index (κ1) is 16.3. The number of morpholine rings is 1. The highest BCUT2D eigenvalue weighted by Gasteiger charge is 2.54. The van der Waals surface area contributed by atoms with Crippen LogP contribution >= 0.6 is 0 Å². The maximum atomic E-state index is 10.0. The predicted molar refractivity (Wildman–Crippen MR) is 94.1 cm³/mol. The van der Waals surface area contributed by atoms with Crippen LogP contribution in [0.2, 0.25) is 0 Å². The molecule has 5 nitrogen and oxygen atoms in total. The van der Waals surface area contributed by atoms with Gasteiger partial charge < -0.3 is 9.84 Å². The number of ether oxygens (including phenoxy) is 1. The van der Waals surface area contributed by atoms with Gasteiger partial charge in [0.15, 0.2) is 0 Å². The summed E-state index contributed by atoms with van der Waals surface area (Å²) in [7, 11) is 0. The second kappa shape index (κ2) is 6.30. The molecule has 1 aromatic carbocycles. The Bertz CT molecular complexity index is 586.